The number of piperidine rings is 1. The van der Waals surface area contributed by atoms with Gasteiger partial charge in [0.05, 0.1) is 11.8 Å². The Morgan fingerprint density at radius 3 is 2.83 bits per heavy atom. The Morgan fingerprint density at radius 2 is 2.11 bits per heavy atom. The van der Waals surface area contributed by atoms with Crippen molar-refractivity contribution in [2.24, 2.45) is 0 Å². The van der Waals surface area contributed by atoms with Crippen molar-refractivity contribution in [3.8, 4) is 0 Å². The van der Waals surface area contributed by atoms with E-state index in [1.54, 1.807) is 6.33 Å². The summed E-state index contributed by atoms with van der Waals surface area (Å²) in [5.74, 6) is 1.27. The molecule has 1 unspecified atom stereocenters. The molecule has 0 spiro atoms. The van der Waals surface area contributed by atoms with Crippen molar-refractivity contribution in [3.05, 3.63) is 18.1 Å². The predicted octanol–water partition coefficient (Wildman–Crippen LogP) is 1.50. The van der Waals surface area contributed by atoms with E-state index in [1.807, 2.05) is 6.07 Å². The molecule has 2 aliphatic heterocycles. The normalized spacial score (nSPS) is 24.6. The number of ether oxygens (including phenoxy) is 1. The van der Waals surface area contributed by atoms with Crippen LogP contribution in [0.2, 0.25) is 0 Å². The number of hydrogen-bond acceptors (Lipinski definition) is 5. The number of carbonyl (C=O) groups is 1. The molecule has 2 aliphatic rings. The molecule has 0 bridgehead atoms. The van der Waals surface area contributed by atoms with E-state index >= 15 is 0 Å². The summed E-state index contributed by atoms with van der Waals surface area (Å²) >= 11 is 0. The second-order valence-corrected chi connectivity index (χ2v) is 4.83. The minimum atomic E-state index is 0.123. The highest BCUT2D eigenvalue weighted by atomic mass is 16.5. The number of carbonyl (C=O) groups excluding carboxylic acids is 1. The zero-order chi connectivity index (χ0) is 12.4. The fourth-order valence-corrected chi connectivity index (χ4v) is 2.51. The highest BCUT2D eigenvalue weighted by Gasteiger charge is 2.22. The lowest BCUT2D eigenvalue weighted by atomic mass is 10.1. The van der Waals surface area contributed by atoms with Crippen LogP contribution in [0, 0.1) is 0 Å². The monoisotopic (exact) mass is 247 g/mol. The van der Waals surface area contributed by atoms with Crippen LogP contribution in [-0.4, -0.2) is 35.4 Å². The van der Waals surface area contributed by atoms with Crippen LogP contribution in [-0.2, 0) is 9.53 Å². The van der Waals surface area contributed by atoms with Gasteiger partial charge < -0.3 is 9.64 Å². The molecule has 5 heteroatoms. The maximum atomic E-state index is 11.2. The van der Waals surface area contributed by atoms with E-state index < -0.39 is 0 Å². The SMILES string of the molecule is O=C1CCN(c2cc(C3CCCO3)ncn2)CC1. The van der Waals surface area contributed by atoms with Gasteiger partial charge in [-0.05, 0) is 12.8 Å². The summed E-state index contributed by atoms with van der Waals surface area (Å²) in [4.78, 5) is 22.0. The first-order valence-corrected chi connectivity index (χ1v) is 6.53. The third-order valence-corrected chi connectivity index (χ3v) is 3.58. The lowest BCUT2D eigenvalue weighted by Gasteiger charge is -2.27. The average Bonchev–Trinajstić information content (AvgIpc) is 2.94. The standard InChI is InChI=1S/C13H17N3O2/c17-10-3-5-16(6-4-10)13-8-11(14-9-15-13)12-2-1-7-18-12/h8-9,12H,1-7H2. The van der Waals surface area contributed by atoms with Crippen molar-refractivity contribution in [1.29, 1.82) is 0 Å². The van der Waals surface area contributed by atoms with Gasteiger partial charge in [-0.1, -0.05) is 0 Å². The van der Waals surface area contributed by atoms with Crippen LogP contribution in [0.1, 0.15) is 37.5 Å². The number of aromatic nitrogens is 2. The summed E-state index contributed by atoms with van der Waals surface area (Å²) in [6.07, 6.45) is 5.11. The topological polar surface area (TPSA) is 55.3 Å². The van der Waals surface area contributed by atoms with E-state index in [4.69, 9.17) is 4.74 Å². The van der Waals surface area contributed by atoms with Crippen LogP contribution in [0.4, 0.5) is 5.82 Å². The van der Waals surface area contributed by atoms with Crippen LogP contribution in [0.25, 0.3) is 0 Å². The molecule has 3 heterocycles. The van der Waals surface area contributed by atoms with E-state index in [0.29, 0.717) is 18.6 Å². The number of nitrogens with zero attached hydrogens (tertiary/aromatic N) is 3. The first kappa shape index (κ1) is 11.6. The molecule has 5 nitrogen and oxygen atoms in total. The summed E-state index contributed by atoms with van der Waals surface area (Å²) < 4.78 is 5.64. The molecule has 18 heavy (non-hydrogen) atoms. The molecule has 3 rings (SSSR count). The predicted molar refractivity (Wildman–Crippen MR) is 66.4 cm³/mol. The highest BCUT2D eigenvalue weighted by molar-refractivity contribution is 5.80. The molecule has 1 atom stereocenters. The lowest BCUT2D eigenvalue weighted by molar-refractivity contribution is -0.119. The maximum Gasteiger partial charge on any atom is 0.136 e. The Balaban J connectivity index is 1.75. The number of anilines is 1. The van der Waals surface area contributed by atoms with E-state index in [1.165, 1.54) is 0 Å². The minimum Gasteiger partial charge on any atom is -0.372 e. The molecule has 0 amide bonds. The largest absolute Gasteiger partial charge is 0.372 e. The Bertz CT molecular complexity index is 434. The summed E-state index contributed by atoms with van der Waals surface area (Å²) in [5.41, 5.74) is 0.967. The second kappa shape index (κ2) is 5.02. The van der Waals surface area contributed by atoms with Crippen molar-refractivity contribution in [2.45, 2.75) is 31.8 Å². The van der Waals surface area contributed by atoms with E-state index in [2.05, 4.69) is 14.9 Å². The third kappa shape index (κ3) is 2.36. The molecule has 96 valence electrons. The van der Waals surface area contributed by atoms with Gasteiger partial charge in [0.25, 0.3) is 0 Å². The van der Waals surface area contributed by atoms with Gasteiger partial charge in [0.15, 0.2) is 0 Å². The van der Waals surface area contributed by atoms with Gasteiger partial charge in [-0.25, -0.2) is 9.97 Å². The van der Waals surface area contributed by atoms with Gasteiger partial charge >= 0.3 is 0 Å². The first-order chi connectivity index (χ1) is 8.83. The smallest absolute Gasteiger partial charge is 0.136 e. The summed E-state index contributed by atoms with van der Waals surface area (Å²) in [6.45, 7) is 2.35. The average molecular weight is 247 g/mol. The summed E-state index contributed by atoms with van der Waals surface area (Å²) in [6, 6.07) is 2.01. The summed E-state index contributed by atoms with van der Waals surface area (Å²) in [5, 5.41) is 0. The first-order valence-electron chi connectivity index (χ1n) is 6.53. The Labute approximate surface area is 106 Å². The summed E-state index contributed by atoms with van der Waals surface area (Å²) in [7, 11) is 0. The van der Waals surface area contributed by atoms with E-state index in [0.717, 1.165) is 44.0 Å². The van der Waals surface area contributed by atoms with Gasteiger partial charge in [-0.3, -0.25) is 4.79 Å². The fourth-order valence-electron chi connectivity index (χ4n) is 2.51. The second-order valence-electron chi connectivity index (χ2n) is 4.83. The highest BCUT2D eigenvalue weighted by Crippen LogP contribution is 2.28. The molecule has 1 aromatic heterocycles. The van der Waals surface area contributed by atoms with Crippen molar-refractivity contribution < 1.29 is 9.53 Å². The third-order valence-electron chi connectivity index (χ3n) is 3.58. The number of ketones is 1. The molecule has 0 saturated carbocycles. The number of hydrogen-bond donors (Lipinski definition) is 0. The van der Waals surface area contributed by atoms with Crippen molar-refractivity contribution >= 4 is 11.6 Å². The zero-order valence-corrected chi connectivity index (χ0v) is 10.3. The van der Waals surface area contributed by atoms with Crippen LogP contribution < -0.4 is 4.90 Å². The van der Waals surface area contributed by atoms with Gasteiger partial charge in [0, 0.05) is 38.6 Å². The molecule has 0 aromatic carbocycles. The number of Topliss-reactive ketones (excluding diaryl/α,β-unsaturated/α-hetero) is 1. The minimum absolute atomic E-state index is 0.123. The molecule has 0 aliphatic carbocycles. The molecule has 1 aromatic rings. The zero-order valence-electron chi connectivity index (χ0n) is 10.3. The maximum absolute atomic E-state index is 11.2. The van der Waals surface area contributed by atoms with Gasteiger partial charge in [-0.2, -0.15) is 0 Å². The van der Waals surface area contributed by atoms with Crippen molar-refractivity contribution in [1.82, 2.24) is 9.97 Å². The van der Waals surface area contributed by atoms with Gasteiger partial charge in [-0.15, -0.1) is 0 Å². The Morgan fingerprint density at radius 1 is 1.28 bits per heavy atom. The number of rotatable bonds is 2. The van der Waals surface area contributed by atoms with Crippen LogP contribution in [0.15, 0.2) is 12.4 Å². The van der Waals surface area contributed by atoms with Crippen LogP contribution in [0.5, 0.6) is 0 Å². The van der Waals surface area contributed by atoms with Crippen LogP contribution in [0.3, 0.4) is 0 Å². The quantitative estimate of drug-likeness (QED) is 0.792. The fraction of sp³-hybridized carbons (Fsp3) is 0.615. The Hall–Kier alpha value is -1.49. The Kier molecular flexibility index (Phi) is 3.23. The molecule has 0 N–H and O–H groups in total. The molecule has 2 saturated heterocycles. The molecular formula is C13H17N3O2. The molecular weight excluding hydrogens is 230 g/mol. The van der Waals surface area contributed by atoms with Crippen molar-refractivity contribution in [3.63, 3.8) is 0 Å². The molecule has 2 fully saturated rings. The lowest BCUT2D eigenvalue weighted by Crippen LogP contribution is -2.34. The van der Waals surface area contributed by atoms with Crippen LogP contribution >= 0.6 is 0 Å². The van der Waals surface area contributed by atoms with Crippen molar-refractivity contribution in [2.75, 3.05) is 24.6 Å². The van der Waals surface area contributed by atoms with E-state index in [9.17, 15) is 4.79 Å². The molecule has 0 radical (unpaired) electrons. The van der Waals surface area contributed by atoms with E-state index in [-0.39, 0.29) is 6.10 Å². The van der Waals surface area contributed by atoms with Gasteiger partial charge in [0.2, 0.25) is 0 Å². The van der Waals surface area contributed by atoms with Gasteiger partial charge in [0.1, 0.15) is 17.9 Å².